The van der Waals surface area contributed by atoms with E-state index >= 15 is 0 Å². The van der Waals surface area contributed by atoms with Crippen LogP contribution in [0.2, 0.25) is 0 Å². The van der Waals surface area contributed by atoms with Crippen molar-refractivity contribution in [3.8, 4) is 0 Å². The quantitative estimate of drug-likeness (QED) is 0.194. The maximum Gasteiger partial charge on any atom is 0.264 e. The van der Waals surface area contributed by atoms with Gasteiger partial charge in [-0.1, -0.05) is 97.6 Å². The minimum atomic E-state index is -4.17. The second-order valence-corrected chi connectivity index (χ2v) is 13.7. The highest BCUT2D eigenvalue weighted by molar-refractivity contribution is 7.92. The van der Waals surface area contributed by atoms with Crippen molar-refractivity contribution in [1.82, 2.24) is 10.2 Å². The van der Waals surface area contributed by atoms with E-state index in [0.717, 1.165) is 47.5 Å². The van der Waals surface area contributed by atoms with Crippen molar-refractivity contribution < 1.29 is 22.4 Å². The van der Waals surface area contributed by atoms with E-state index in [-0.39, 0.29) is 29.8 Å². The third kappa shape index (κ3) is 8.40. The summed E-state index contributed by atoms with van der Waals surface area (Å²) < 4.78 is 43.1. The van der Waals surface area contributed by atoms with Crippen LogP contribution in [0, 0.1) is 12.7 Å². The Morgan fingerprint density at radius 1 is 0.804 bits per heavy atom. The maximum atomic E-state index is 14.5. The molecule has 0 radical (unpaired) electrons. The zero-order chi connectivity index (χ0) is 32.5. The van der Waals surface area contributed by atoms with E-state index in [1.165, 1.54) is 29.2 Å². The number of hydrogen-bond donors (Lipinski definition) is 1. The van der Waals surface area contributed by atoms with Crippen LogP contribution in [-0.2, 0) is 32.6 Å². The molecule has 1 N–H and O–H groups in total. The van der Waals surface area contributed by atoms with Gasteiger partial charge in [0.15, 0.2) is 0 Å². The summed E-state index contributed by atoms with van der Waals surface area (Å²) in [6.45, 7) is 1.35. The van der Waals surface area contributed by atoms with Crippen LogP contribution >= 0.6 is 0 Å². The van der Waals surface area contributed by atoms with Gasteiger partial charge in [0.2, 0.25) is 11.8 Å². The molecule has 4 aromatic carbocycles. The highest BCUT2D eigenvalue weighted by atomic mass is 32.2. The van der Waals surface area contributed by atoms with Gasteiger partial charge >= 0.3 is 0 Å². The van der Waals surface area contributed by atoms with E-state index in [1.54, 1.807) is 54.6 Å². The number of nitrogens with zero attached hydrogens (tertiary/aromatic N) is 2. The normalized spacial score (nSPS) is 14.3. The highest BCUT2D eigenvalue weighted by Crippen LogP contribution is 2.26. The van der Waals surface area contributed by atoms with Crippen LogP contribution in [0.15, 0.2) is 114 Å². The molecular formula is C37H40FN3O4S. The number of carbonyl (C=O) groups excluding carboxylic acids is 2. The molecule has 240 valence electrons. The van der Waals surface area contributed by atoms with E-state index < -0.39 is 34.3 Å². The molecule has 1 saturated carbocycles. The van der Waals surface area contributed by atoms with Crippen LogP contribution < -0.4 is 9.62 Å². The maximum absolute atomic E-state index is 14.5. The zero-order valence-corrected chi connectivity index (χ0v) is 26.8. The second kappa shape index (κ2) is 15.2. The van der Waals surface area contributed by atoms with Crippen molar-refractivity contribution in [3.63, 3.8) is 0 Å². The molecule has 0 unspecified atom stereocenters. The Kier molecular flexibility index (Phi) is 10.9. The topological polar surface area (TPSA) is 86.8 Å². The fraction of sp³-hybridized carbons (Fsp3) is 0.297. The number of carbonyl (C=O) groups is 2. The minimum Gasteiger partial charge on any atom is -0.352 e. The Balaban J connectivity index is 1.55. The number of hydrogen-bond acceptors (Lipinski definition) is 4. The summed E-state index contributed by atoms with van der Waals surface area (Å²) in [6.07, 6.45) is 5.13. The van der Waals surface area contributed by atoms with Crippen molar-refractivity contribution in [2.24, 2.45) is 0 Å². The van der Waals surface area contributed by atoms with Crippen molar-refractivity contribution in [3.05, 3.63) is 132 Å². The SMILES string of the molecule is Cc1ccc(N(CC(=O)N(Cc2ccc(F)cc2)[C@H](Cc2ccccc2)C(=O)NC2CCCCC2)S(=O)(=O)c2ccccc2)cc1. The molecule has 0 aromatic heterocycles. The first-order valence-corrected chi connectivity index (χ1v) is 17.2. The molecule has 4 aromatic rings. The van der Waals surface area contributed by atoms with Crippen LogP contribution in [-0.4, -0.2) is 43.8 Å². The Labute approximate surface area is 271 Å². The fourth-order valence-electron chi connectivity index (χ4n) is 5.84. The van der Waals surface area contributed by atoms with Crippen molar-refractivity contribution in [1.29, 1.82) is 0 Å². The van der Waals surface area contributed by atoms with Gasteiger partial charge in [0.05, 0.1) is 10.6 Å². The Morgan fingerprint density at radius 2 is 1.41 bits per heavy atom. The fourth-order valence-corrected chi connectivity index (χ4v) is 7.28. The number of aryl methyl sites for hydroxylation is 1. The third-order valence-electron chi connectivity index (χ3n) is 8.42. The first-order chi connectivity index (χ1) is 22.2. The van der Waals surface area contributed by atoms with Gasteiger partial charge < -0.3 is 10.2 Å². The number of rotatable bonds is 12. The van der Waals surface area contributed by atoms with Gasteiger partial charge in [-0.15, -0.1) is 0 Å². The number of sulfonamides is 1. The summed E-state index contributed by atoms with van der Waals surface area (Å²) in [5, 5.41) is 3.19. The van der Waals surface area contributed by atoms with Gasteiger partial charge in [0.25, 0.3) is 10.0 Å². The van der Waals surface area contributed by atoms with Gasteiger partial charge in [-0.05, 0) is 67.3 Å². The minimum absolute atomic E-state index is 0.00446. The lowest BCUT2D eigenvalue weighted by molar-refractivity contribution is -0.140. The van der Waals surface area contributed by atoms with E-state index in [4.69, 9.17) is 0 Å². The van der Waals surface area contributed by atoms with Gasteiger partial charge in [-0.3, -0.25) is 13.9 Å². The molecule has 1 fully saturated rings. The molecule has 0 spiro atoms. The van der Waals surface area contributed by atoms with Gasteiger partial charge in [-0.2, -0.15) is 0 Å². The molecule has 7 nitrogen and oxygen atoms in total. The van der Waals surface area contributed by atoms with Crippen LogP contribution in [0.25, 0.3) is 0 Å². The lowest BCUT2D eigenvalue weighted by atomic mass is 9.94. The first kappa shape index (κ1) is 32.9. The van der Waals surface area contributed by atoms with Crippen LogP contribution in [0.4, 0.5) is 10.1 Å². The summed E-state index contributed by atoms with van der Waals surface area (Å²) in [6, 6.07) is 29.2. The molecule has 0 aliphatic heterocycles. The van der Waals surface area contributed by atoms with E-state index in [0.29, 0.717) is 11.3 Å². The summed E-state index contributed by atoms with van der Waals surface area (Å²) in [4.78, 5) is 30.1. The van der Waals surface area contributed by atoms with E-state index in [1.807, 2.05) is 37.3 Å². The highest BCUT2D eigenvalue weighted by Gasteiger charge is 2.35. The molecule has 46 heavy (non-hydrogen) atoms. The number of amides is 2. The van der Waals surface area contributed by atoms with Crippen molar-refractivity contribution >= 4 is 27.5 Å². The average Bonchev–Trinajstić information content (AvgIpc) is 3.07. The molecule has 0 bridgehead atoms. The van der Waals surface area contributed by atoms with Gasteiger partial charge in [-0.25, -0.2) is 12.8 Å². The van der Waals surface area contributed by atoms with Crippen LogP contribution in [0.1, 0.15) is 48.8 Å². The number of benzene rings is 4. The molecule has 1 aliphatic rings. The van der Waals surface area contributed by atoms with Crippen molar-refractivity contribution in [2.45, 2.75) is 69.0 Å². The summed E-state index contributed by atoms with van der Waals surface area (Å²) in [5.41, 5.74) is 2.74. The van der Waals surface area contributed by atoms with Crippen LogP contribution in [0.3, 0.4) is 0 Å². The molecule has 5 rings (SSSR count). The Bertz CT molecular complexity index is 1690. The predicted octanol–water partition coefficient (Wildman–Crippen LogP) is 6.42. The van der Waals surface area contributed by atoms with E-state index in [2.05, 4.69) is 5.32 Å². The second-order valence-electron chi connectivity index (χ2n) is 11.9. The van der Waals surface area contributed by atoms with Gasteiger partial charge in [0, 0.05) is 19.0 Å². The van der Waals surface area contributed by atoms with Gasteiger partial charge in [0.1, 0.15) is 18.4 Å². The molecule has 9 heteroatoms. The lowest BCUT2D eigenvalue weighted by Crippen LogP contribution is -2.55. The average molecular weight is 642 g/mol. The largest absolute Gasteiger partial charge is 0.352 e. The molecule has 0 saturated heterocycles. The Hall–Kier alpha value is -4.50. The summed E-state index contributed by atoms with van der Waals surface area (Å²) >= 11 is 0. The summed E-state index contributed by atoms with van der Waals surface area (Å²) in [5.74, 6) is -1.26. The predicted molar refractivity (Wildman–Crippen MR) is 178 cm³/mol. The number of anilines is 1. The molecule has 1 atom stereocenters. The number of halogens is 1. The Morgan fingerprint density at radius 3 is 2.04 bits per heavy atom. The smallest absolute Gasteiger partial charge is 0.264 e. The molecule has 1 aliphatic carbocycles. The molecule has 0 heterocycles. The first-order valence-electron chi connectivity index (χ1n) is 15.7. The molecule has 2 amide bonds. The monoisotopic (exact) mass is 641 g/mol. The van der Waals surface area contributed by atoms with E-state index in [9.17, 15) is 22.4 Å². The van der Waals surface area contributed by atoms with Crippen LogP contribution in [0.5, 0.6) is 0 Å². The molecular weight excluding hydrogens is 601 g/mol. The van der Waals surface area contributed by atoms with Crippen molar-refractivity contribution in [2.75, 3.05) is 10.8 Å². The standard InChI is InChI=1S/C37H40FN3O4S/c1-28-17-23-33(24-18-28)41(46(44,45)34-15-9-4-10-16-34)27-36(42)40(26-30-19-21-31(38)22-20-30)35(25-29-11-5-2-6-12-29)37(43)39-32-13-7-3-8-14-32/h2,4-6,9-12,15-24,32,35H,3,7-8,13-14,25-27H2,1H3,(H,39,43)/t35-/m1/s1. The number of nitrogens with one attached hydrogen (secondary N) is 1. The third-order valence-corrected chi connectivity index (χ3v) is 10.2. The lowest BCUT2D eigenvalue weighted by Gasteiger charge is -2.35. The summed E-state index contributed by atoms with van der Waals surface area (Å²) in [7, 11) is -4.17. The zero-order valence-electron chi connectivity index (χ0n) is 26.0.